The zero-order valence-corrected chi connectivity index (χ0v) is 21.1. The Morgan fingerprint density at radius 1 is 0.976 bits per heavy atom. The van der Waals surface area contributed by atoms with Crippen molar-refractivity contribution in [2.24, 2.45) is 0 Å². The smallest absolute Gasteiger partial charge is 0.418 e. The van der Waals surface area contributed by atoms with Crippen molar-refractivity contribution in [3.8, 4) is 16.9 Å². The molecule has 0 atom stereocenters. The van der Waals surface area contributed by atoms with Crippen molar-refractivity contribution in [3.63, 3.8) is 0 Å². The van der Waals surface area contributed by atoms with Crippen LogP contribution in [0.1, 0.15) is 11.1 Å². The van der Waals surface area contributed by atoms with E-state index in [1.807, 2.05) is 18.2 Å². The molecular weight excluding hydrogens is 539 g/mol. The number of hydrogen-bond donors (Lipinski definition) is 1. The fourth-order valence-corrected chi connectivity index (χ4v) is 4.03. The first-order valence-corrected chi connectivity index (χ1v) is 12.2. The number of nitrogens with one attached hydrogen (secondary N) is 1. The lowest BCUT2D eigenvalue weighted by Crippen LogP contribution is -2.22. The van der Waals surface area contributed by atoms with Gasteiger partial charge in [-0.05, 0) is 42.5 Å². The molecule has 0 unspecified atom stereocenters. The summed E-state index contributed by atoms with van der Waals surface area (Å²) in [5.41, 5.74) is -0.248. The molecule has 11 heteroatoms. The number of nitrogens with zero attached hydrogens (tertiary/aromatic N) is 2. The van der Waals surface area contributed by atoms with Gasteiger partial charge in [0.2, 0.25) is 0 Å². The maximum Gasteiger partial charge on any atom is 0.418 e. The van der Waals surface area contributed by atoms with Gasteiger partial charge in [0.15, 0.2) is 6.61 Å². The lowest BCUT2D eigenvalue weighted by molar-refractivity contribution is -0.142. The molecule has 1 N–H and O–H groups in total. The van der Waals surface area contributed by atoms with E-state index in [0.717, 1.165) is 18.2 Å². The van der Waals surface area contributed by atoms with Crippen LogP contribution in [0.4, 0.5) is 18.9 Å². The van der Waals surface area contributed by atoms with E-state index in [0.29, 0.717) is 22.2 Å². The highest BCUT2D eigenvalue weighted by Crippen LogP contribution is 2.34. The fourth-order valence-electron chi connectivity index (χ4n) is 4.03. The second-order valence-corrected chi connectivity index (χ2v) is 8.73. The lowest BCUT2D eigenvalue weighted by Gasteiger charge is -2.13. The molecule has 0 bridgehead atoms. The normalized spacial score (nSPS) is 11.6. The third-order valence-electron chi connectivity index (χ3n) is 5.91. The molecular formula is C30H20F3N3O5. The maximum absolute atomic E-state index is 13.2. The highest BCUT2D eigenvalue weighted by molar-refractivity contribution is 5.95. The molecule has 0 aliphatic heterocycles. The summed E-state index contributed by atoms with van der Waals surface area (Å²) in [6.45, 7) is -0.820. The van der Waals surface area contributed by atoms with Crippen LogP contribution in [0.5, 0.6) is 0 Å². The first-order valence-electron chi connectivity index (χ1n) is 12.2. The Hall–Kier alpha value is -5.45. The van der Waals surface area contributed by atoms with Gasteiger partial charge in [-0.1, -0.05) is 48.5 Å². The number of aromatic nitrogens is 2. The molecule has 206 valence electrons. The average Bonchev–Trinajstić information content (AvgIpc) is 3.39. The van der Waals surface area contributed by atoms with E-state index in [2.05, 4.69) is 10.4 Å². The van der Waals surface area contributed by atoms with Crippen LogP contribution in [0.15, 0.2) is 106 Å². The number of benzene rings is 3. The molecule has 0 fully saturated rings. The van der Waals surface area contributed by atoms with Crippen molar-refractivity contribution in [2.75, 3.05) is 11.9 Å². The fraction of sp³-hybridized carbons (Fsp3) is 0.0667. The Morgan fingerprint density at radius 3 is 2.46 bits per heavy atom. The number of ether oxygens (including phenoxy) is 1. The molecule has 0 saturated carbocycles. The molecule has 0 saturated heterocycles. The third kappa shape index (κ3) is 6.25. The van der Waals surface area contributed by atoms with Crippen molar-refractivity contribution < 1.29 is 31.9 Å². The van der Waals surface area contributed by atoms with E-state index in [1.165, 1.54) is 22.9 Å². The first-order chi connectivity index (χ1) is 19.7. The Labute approximate surface area is 230 Å². The molecule has 41 heavy (non-hydrogen) atoms. The Morgan fingerprint density at radius 2 is 1.68 bits per heavy atom. The zero-order valence-electron chi connectivity index (χ0n) is 21.1. The third-order valence-corrected chi connectivity index (χ3v) is 5.91. The molecule has 0 aliphatic rings. The second-order valence-electron chi connectivity index (χ2n) is 8.73. The SMILES string of the molecule is O=C(COC(=O)/C=C/c1cn(-c2ccccc2)nc1-c1cc2ccccc2oc1=O)Nc1ccccc1C(F)(F)F. The molecule has 5 rings (SSSR count). The summed E-state index contributed by atoms with van der Waals surface area (Å²) in [6, 6.07) is 22.1. The van der Waals surface area contributed by atoms with Crippen LogP contribution in [-0.4, -0.2) is 28.3 Å². The molecule has 2 aromatic heterocycles. The van der Waals surface area contributed by atoms with Gasteiger partial charge in [-0.25, -0.2) is 14.3 Å². The number of alkyl halides is 3. The number of fused-ring (bicyclic) bond motifs is 1. The van der Waals surface area contributed by atoms with Crippen LogP contribution >= 0.6 is 0 Å². The van der Waals surface area contributed by atoms with Gasteiger partial charge in [0, 0.05) is 23.2 Å². The predicted octanol–water partition coefficient (Wildman–Crippen LogP) is 5.86. The van der Waals surface area contributed by atoms with E-state index in [-0.39, 0.29) is 11.3 Å². The molecule has 0 spiro atoms. The maximum atomic E-state index is 13.2. The predicted molar refractivity (Wildman–Crippen MR) is 145 cm³/mol. The average molecular weight is 560 g/mol. The van der Waals surface area contributed by atoms with Crippen LogP contribution in [-0.2, 0) is 20.5 Å². The van der Waals surface area contributed by atoms with E-state index >= 15 is 0 Å². The lowest BCUT2D eigenvalue weighted by atomic mass is 10.1. The van der Waals surface area contributed by atoms with Crippen LogP contribution in [0.25, 0.3) is 34.0 Å². The zero-order chi connectivity index (χ0) is 29.0. The Balaban J connectivity index is 1.37. The van der Waals surface area contributed by atoms with Crippen molar-refractivity contribution in [3.05, 3.63) is 119 Å². The summed E-state index contributed by atoms with van der Waals surface area (Å²) in [6.07, 6.45) is -0.692. The van der Waals surface area contributed by atoms with Crippen LogP contribution in [0, 0.1) is 0 Å². The largest absolute Gasteiger partial charge is 0.452 e. The van der Waals surface area contributed by atoms with E-state index in [1.54, 1.807) is 48.7 Å². The Kier molecular flexibility index (Phi) is 7.51. The Bertz CT molecular complexity index is 1830. The quantitative estimate of drug-likeness (QED) is 0.152. The van der Waals surface area contributed by atoms with E-state index < -0.39 is 41.5 Å². The van der Waals surface area contributed by atoms with E-state index in [4.69, 9.17) is 9.15 Å². The standard InChI is InChI=1S/C30H20F3N3O5/c31-30(32,33)23-11-5-6-12-24(23)34-26(37)18-40-27(38)15-14-20-17-36(21-9-2-1-3-10-21)35-28(20)22-16-19-8-4-7-13-25(19)41-29(22)39/h1-17H,18H2,(H,34,37)/b15-14+. The van der Waals surface area contributed by atoms with Crippen molar-refractivity contribution in [2.45, 2.75) is 6.18 Å². The molecule has 0 aliphatic carbocycles. The van der Waals surface area contributed by atoms with Gasteiger partial charge in [0.1, 0.15) is 11.3 Å². The summed E-state index contributed by atoms with van der Waals surface area (Å²) >= 11 is 0. The highest BCUT2D eigenvalue weighted by Gasteiger charge is 2.33. The number of esters is 1. The number of rotatable bonds is 7. The van der Waals surface area contributed by atoms with Gasteiger partial charge in [0.25, 0.3) is 5.91 Å². The number of carbonyl (C=O) groups is 2. The molecule has 1 amide bonds. The summed E-state index contributed by atoms with van der Waals surface area (Å²) in [7, 11) is 0. The van der Waals surface area contributed by atoms with Gasteiger partial charge in [0.05, 0.1) is 22.5 Å². The molecule has 3 aromatic carbocycles. The topological polar surface area (TPSA) is 103 Å². The first kappa shape index (κ1) is 27.1. The van der Waals surface area contributed by atoms with Gasteiger partial charge < -0.3 is 14.5 Å². The number of hydrogen-bond acceptors (Lipinski definition) is 6. The summed E-state index contributed by atoms with van der Waals surface area (Å²) < 4.78 is 51.4. The monoisotopic (exact) mass is 559 g/mol. The summed E-state index contributed by atoms with van der Waals surface area (Å²) in [4.78, 5) is 37.4. The molecule has 5 aromatic rings. The number of para-hydroxylation sites is 3. The van der Waals surface area contributed by atoms with Gasteiger partial charge in [-0.3, -0.25) is 4.79 Å². The van der Waals surface area contributed by atoms with Crippen LogP contribution < -0.4 is 10.9 Å². The van der Waals surface area contributed by atoms with Gasteiger partial charge in [-0.2, -0.15) is 18.3 Å². The minimum Gasteiger partial charge on any atom is -0.452 e. The van der Waals surface area contributed by atoms with Crippen molar-refractivity contribution in [1.82, 2.24) is 9.78 Å². The van der Waals surface area contributed by atoms with Crippen LogP contribution in [0.3, 0.4) is 0 Å². The van der Waals surface area contributed by atoms with Crippen molar-refractivity contribution >= 4 is 34.6 Å². The minimum absolute atomic E-state index is 0.161. The number of anilines is 1. The number of carbonyl (C=O) groups excluding carboxylic acids is 2. The summed E-state index contributed by atoms with van der Waals surface area (Å²) in [5.74, 6) is -1.89. The molecule has 8 nitrogen and oxygen atoms in total. The van der Waals surface area contributed by atoms with E-state index in [9.17, 15) is 27.6 Å². The molecule has 2 heterocycles. The van der Waals surface area contributed by atoms with Crippen LogP contribution in [0.2, 0.25) is 0 Å². The number of halogens is 3. The van der Waals surface area contributed by atoms with Crippen molar-refractivity contribution in [1.29, 1.82) is 0 Å². The minimum atomic E-state index is -4.67. The summed E-state index contributed by atoms with van der Waals surface area (Å²) in [5, 5.41) is 7.31. The highest BCUT2D eigenvalue weighted by atomic mass is 19.4. The number of amides is 1. The molecule has 0 radical (unpaired) electrons. The van der Waals surface area contributed by atoms with Gasteiger partial charge in [-0.15, -0.1) is 0 Å². The van der Waals surface area contributed by atoms with Gasteiger partial charge >= 0.3 is 17.8 Å². The second kappa shape index (κ2) is 11.3.